The first-order valence-corrected chi connectivity index (χ1v) is 11.0. The Morgan fingerprint density at radius 2 is 1.19 bits per heavy atom. The van der Waals surface area contributed by atoms with Crippen LogP contribution in [0.5, 0.6) is 0 Å². The van der Waals surface area contributed by atoms with E-state index in [0.717, 1.165) is 37.4 Å². The van der Waals surface area contributed by atoms with Crippen molar-refractivity contribution in [3.63, 3.8) is 0 Å². The van der Waals surface area contributed by atoms with E-state index in [-0.39, 0.29) is 0 Å². The summed E-state index contributed by atoms with van der Waals surface area (Å²) in [4.78, 5) is 4.36. The first-order valence-electron chi connectivity index (χ1n) is 11.0. The third kappa shape index (κ3) is 12.3. The molecule has 0 atom stereocenters. The van der Waals surface area contributed by atoms with Crippen LogP contribution in [0.25, 0.3) is 12.2 Å². The second-order valence-corrected chi connectivity index (χ2v) is 7.53. The molecule has 0 saturated heterocycles. The summed E-state index contributed by atoms with van der Waals surface area (Å²) in [6.45, 7) is 17.6. The fourth-order valence-corrected chi connectivity index (χ4v) is 2.64. The summed E-state index contributed by atoms with van der Waals surface area (Å²) < 4.78 is 11.2. The number of benzene rings is 2. The highest BCUT2D eigenvalue weighted by Crippen LogP contribution is 2.07. The lowest BCUT2D eigenvalue weighted by atomic mass is 10.1. The Balaban J connectivity index is 0.000000311. The molecule has 0 radical (unpaired) electrons. The maximum atomic E-state index is 5.64. The highest BCUT2D eigenvalue weighted by molar-refractivity contribution is 5.47. The average Bonchev–Trinajstić information content (AvgIpc) is 2.81. The lowest BCUT2D eigenvalue weighted by Gasteiger charge is -2.17. The molecular weight excluding hydrogens is 384 g/mol. The number of hydrogen-bond donors (Lipinski definition) is 0. The van der Waals surface area contributed by atoms with E-state index in [2.05, 4.69) is 85.3 Å². The van der Waals surface area contributed by atoms with Gasteiger partial charge in [-0.3, -0.25) is 4.90 Å². The van der Waals surface area contributed by atoms with Gasteiger partial charge in [0.05, 0.1) is 26.6 Å². The molecule has 0 aliphatic carbocycles. The average molecular weight is 425 g/mol. The number of nitrogens with zero attached hydrogens (tertiary/aromatic N) is 2. The van der Waals surface area contributed by atoms with E-state index < -0.39 is 0 Å². The van der Waals surface area contributed by atoms with Crippen molar-refractivity contribution in [1.82, 2.24) is 9.80 Å². The second kappa shape index (κ2) is 16.5. The van der Waals surface area contributed by atoms with Crippen molar-refractivity contribution < 1.29 is 9.47 Å². The van der Waals surface area contributed by atoms with E-state index in [0.29, 0.717) is 19.9 Å². The zero-order valence-electron chi connectivity index (χ0n) is 19.8. The summed E-state index contributed by atoms with van der Waals surface area (Å²) >= 11 is 0. The van der Waals surface area contributed by atoms with Crippen molar-refractivity contribution in [2.75, 3.05) is 47.1 Å². The standard InChI is InChI=1S/C14H21NO.C13H19NO/c1-4-13-7-9-14(10-8-13)11-16-12-15(5-2)6-3;1-4-12-5-7-13(8-6-12)11-15-10-9-14(2)3/h4,7-10H,1,5-6,11-12H2,2-3H3;4-8H,1,9-11H2,2-3H3. The molecule has 31 heavy (non-hydrogen) atoms. The normalized spacial score (nSPS) is 10.6. The fourth-order valence-electron chi connectivity index (χ4n) is 2.64. The minimum Gasteiger partial charge on any atom is -0.375 e. The van der Waals surface area contributed by atoms with Crippen LogP contribution >= 0.6 is 0 Å². The smallest absolute Gasteiger partial charge is 0.0994 e. The van der Waals surface area contributed by atoms with Gasteiger partial charge in [-0.15, -0.1) is 0 Å². The molecule has 0 spiro atoms. The van der Waals surface area contributed by atoms with Gasteiger partial charge in [0.15, 0.2) is 0 Å². The Hall–Kier alpha value is -2.24. The van der Waals surface area contributed by atoms with Crippen molar-refractivity contribution >= 4 is 12.2 Å². The lowest BCUT2D eigenvalue weighted by Crippen LogP contribution is -2.25. The van der Waals surface area contributed by atoms with Crippen molar-refractivity contribution in [2.24, 2.45) is 0 Å². The summed E-state index contributed by atoms with van der Waals surface area (Å²) in [5.74, 6) is 0. The van der Waals surface area contributed by atoms with Crippen LogP contribution in [0.3, 0.4) is 0 Å². The van der Waals surface area contributed by atoms with E-state index in [9.17, 15) is 0 Å². The van der Waals surface area contributed by atoms with Gasteiger partial charge in [-0.2, -0.15) is 0 Å². The first-order chi connectivity index (χ1) is 15.0. The van der Waals surface area contributed by atoms with Gasteiger partial charge in [0, 0.05) is 6.54 Å². The van der Waals surface area contributed by atoms with Gasteiger partial charge in [0.2, 0.25) is 0 Å². The number of ether oxygens (including phenoxy) is 2. The molecule has 0 aliphatic rings. The second-order valence-electron chi connectivity index (χ2n) is 7.53. The third-order valence-corrected chi connectivity index (χ3v) is 4.82. The molecule has 2 aromatic carbocycles. The predicted molar refractivity (Wildman–Crippen MR) is 134 cm³/mol. The molecule has 0 saturated carbocycles. The van der Waals surface area contributed by atoms with Gasteiger partial charge in [-0.05, 0) is 49.4 Å². The van der Waals surface area contributed by atoms with Crippen LogP contribution in [0.2, 0.25) is 0 Å². The topological polar surface area (TPSA) is 24.9 Å². The lowest BCUT2D eigenvalue weighted by molar-refractivity contribution is 0.0241. The van der Waals surface area contributed by atoms with Crippen LogP contribution in [0, 0.1) is 0 Å². The minimum atomic E-state index is 0.675. The van der Waals surface area contributed by atoms with Crippen LogP contribution in [0.4, 0.5) is 0 Å². The van der Waals surface area contributed by atoms with Gasteiger partial charge in [0.25, 0.3) is 0 Å². The van der Waals surface area contributed by atoms with Crippen LogP contribution in [-0.2, 0) is 22.7 Å². The number of rotatable bonds is 13. The molecule has 0 N–H and O–H groups in total. The Labute approximate surface area is 189 Å². The number of hydrogen-bond acceptors (Lipinski definition) is 4. The predicted octanol–water partition coefficient (Wildman–Crippen LogP) is 5.55. The molecule has 4 nitrogen and oxygen atoms in total. The molecule has 0 aliphatic heterocycles. The quantitative estimate of drug-likeness (QED) is 0.311. The number of likely N-dealkylation sites (N-methyl/N-ethyl adjacent to an activating group) is 1. The molecule has 170 valence electrons. The molecule has 2 aromatic rings. The molecule has 0 unspecified atom stereocenters. The highest BCUT2D eigenvalue weighted by atomic mass is 16.5. The first kappa shape index (κ1) is 26.8. The zero-order valence-corrected chi connectivity index (χ0v) is 19.8. The van der Waals surface area contributed by atoms with Crippen molar-refractivity contribution in [2.45, 2.75) is 27.1 Å². The molecular formula is C27H40N2O2. The monoisotopic (exact) mass is 424 g/mol. The highest BCUT2D eigenvalue weighted by Gasteiger charge is 1.99. The van der Waals surface area contributed by atoms with Crippen LogP contribution in [-0.4, -0.2) is 56.9 Å². The van der Waals surface area contributed by atoms with Crippen molar-refractivity contribution in [3.8, 4) is 0 Å². The van der Waals surface area contributed by atoms with Crippen LogP contribution < -0.4 is 0 Å². The van der Waals surface area contributed by atoms with E-state index in [1.165, 1.54) is 11.1 Å². The van der Waals surface area contributed by atoms with Gasteiger partial charge in [-0.1, -0.05) is 87.7 Å². The molecule has 0 heterocycles. The summed E-state index contributed by atoms with van der Waals surface area (Å²) in [7, 11) is 4.09. The van der Waals surface area contributed by atoms with Crippen molar-refractivity contribution in [1.29, 1.82) is 0 Å². The molecule has 0 amide bonds. The summed E-state index contributed by atoms with van der Waals surface area (Å²) in [6, 6.07) is 16.5. The molecule has 0 bridgehead atoms. The maximum absolute atomic E-state index is 5.64. The molecule has 0 fully saturated rings. The summed E-state index contributed by atoms with van der Waals surface area (Å²) in [5, 5.41) is 0. The summed E-state index contributed by atoms with van der Waals surface area (Å²) in [6.07, 6.45) is 3.69. The molecule has 4 heteroatoms. The largest absolute Gasteiger partial charge is 0.375 e. The summed E-state index contributed by atoms with van der Waals surface area (Å²) in [5.41, 5.74) is 4.71. The van der Waals surface area contributed by atoms with E-state index in [4.69, 9.17) is 9.47 Å². The van der Waals surface area contributed by atoms with E-state index in [1.54, 1.807) is 0 Å². The fraction of sp³-hybridized carbons (Fsp3) is 0.407. The van der Waals surface area contributed by atoms with E-state index >= 15 is 0 Å². The maximum Gasteiger partial charge on any atom is 0.0994 e. The van der Waals surface area contributed by atoms with Crippen LogP contribution in [0.15, 0.2) is 61.7 Å². The van der Waals surface area contributed by atoms with Gasteiger partial charge in [-0.25, -0.2) is 0 Å². The SMILES string of the molecule is C=Cc1ccc(COCCN(C)C)cc1.C=Cc1ccc(COCN(CC)CC)cc1. The van der Waals surface area contributed by atoms with Crippen LogP contribution in [0.1, 0.15) is 36.1 Å². The van der Waals surface area contributed by atoms with Crippen molar-refractivity contribution in [3.05, 3.63) is 83.9 Å². The Bertz CT molecular complexity index is 720. The Kier molecular flexibility index (Phi) is 14.2. The third-order valence-electron chi connectivity index (χ3n) is 4.82. The molecule has 0 aromatic heterocycles. The Morgan fingerprint density at radius 1 is 0.742 bits per heavy atom. The van der Waals surface area contributed by atoms with E-state index in [1.807, 2.05) is 26.2 Å². The molecule has 2 rings (SSSR count). The zero-order chi connectivity index (χ0) is 22.9. The van der Waals surface area contributed by atoms with Gasteiger partial charge >= 0.3 is 0 Å². The minimum absolute atomic E-state index is 0.675. The Morgan fingerprint density at radius 3 is 1.58 bits per heavy atom. The van der Waals surface area contributed by atoms with Gasteiger partial charge < -0.3 is 14.4 Å². The van der Waals surface area contributed by atoms with Gasteiger partial charge in [0.1, 0.15) is 0 Å².